The molecule has 0 aromatic heterocycles. The Morgan fingerprint density at radius 1 is 1.36 bits per heavy atom. The van der Waals surface area contributed by atoms with Crippen LogP contribution in [0.1, 0.15) is 32.1 Å². The van der Waals surface area contributed by atoms with Crippen LogP contribution in [0.5, 0.6) is 0 Å². The quantitative estimate of drug-likeness (QED) is 0.642. The molecule has 1 saturated heterocycles. The predicted octanol–water partition coefficient (Wildman–Crippen LogP) is 2.10. The first kappa shape index (κ1) is 10.0. The predicted molar refractivity (Wildman–Crippen MR) is 59.3 cm³/mol. The van der Waals surface area contributed by atoms with E-state index in [1.807, 2.05) is 0 Å². The fraction of sp³-hybridized carbons (Fsp3) is 0.909. The summed E-state index contributed by atoms with van der Waals surface area (Å²) < 4.78 is 0. The third-order valence-corrected chi connectivity index (χ3v) is 4.42. The Balaban J connectivity index is 2.01. The Kier molecular flexibility index (Phi) is 2.83. The molecule has 1 saturated carbocycles. The highest BCUT2D eigenvalue weighted by Crippen LogP contribution is 2.49. The zero-order valence-corrected chi connectivity index (χ0v) is 9.05. The summed E-state index contributed by atoms with van der Waals surface area (Å²) in [4.78, 5) is 0. The van der Waals surface area contributed by atoms with E-state index in [9.17, 15) is 0 Å². The third kappa shape index (κ3) is 1.57. The van der Waals surface area contributed by atoms with Crippen molar-refractivity contribution in [2.45, 2.75) is 50.8 Å². The highest BCUT2D eigenvalue weighted by atomic mass is 14.9. The average Bonchev–Trinajstić information content (AvgIpc) is 2.62. The average molecular weight is 190 g/mol. The first-order valence-electron chi connectivity index (χ1n) is 5.88. The topological polar surface area (TPSA) is 35.8 Å². The van der Waals surface area contributed by atoms with Crippen molar-refractivity contribution in [1.29, 1.82) is 5.26 Å². The van der Waals surface area contributed by atoms with E-state index in [1.165, 1.54) is 32.1 Å². The van der Waals surface area contributed by atoms with Gasteiger partial charge in [-0.25, -0.2) is 5.26 Å². The molecule has 1 heterocycles. The minimum absolute atomic E-state index is 0.346. The van der Waals surface area contributed by atoms with Gasteiger partial charge in [0.15, 0.2) is 0 Å². The fourth-order valence-electron chi connectivity index (χ4n) is 3.51. The summed E-state index contributed by atoms with van der Waals surface area (Å²) in [6.45, 7) is 0.346. The van der Waals surface area contributed by atoms with Crippen LogP contribution in [0.15, 0.2) is 0 Å². The van der Waals surface area contributed by atoms with E-state index in [4.69, 9.17) is 5.26 Å². The smallest absolute Gasteiger partial charge is 0.267 e. The summed E-state index contributed by atoms with van der Waals surface area (Å²) in [5, 5.41) is 12.4. The van der Waals surface area contributed by atoms with Crippen LogP contribution in [0, 0.1) is 16.6 Å². The van der Waals surface area contributed by atoms with E-state index in [-0.39, 0.29) is 0 Å². The highest BCUT2D eigenvalue weighted by molar-refractivity contribution is 6.67. The van der Waals surface area contributed by atoms with Gasteiger partial charge in [0.05, 0.1) is 0 Å². The van der Waals surface area contributed by atoms with E-state index in [0.29, 0.717) is 12.1 Å². The Morgan fingerprint density at radius 2 is 2.07 bits per heavy atom. The lowest BCUT2D eigenvalue weighted by atomic mass is 9.39. The Labute approximate surface area is 87.1 Å². The Hall–Kier alpha value is -0.485. The molecule has 76 valence electrons. The SMILES string of the molecule is CNC1CCCC12CCB(C#N)CC2. The lowest BCUT2D eigenvalue weighted by molar-refractivity contribution is 0.204. The van der Waals surface area contributed by atoms with Gasteiger partial charge in [-0.1, -0.05) is 31.9 Å². The molecule has 0 aromatic rings. The first-order chi connectivity index (χ1) is 6.80. The van der Waals surface area contributed by atoms with Crippen molar-refractivity contribution in [3.8, 4) is 5.97 Å². The number of hydrogen-bond acceptors (Lipinski definition) is 2. The van der Waals surface area contributed by atoms with Gasteiger partial charge in [-0.2, -0.15) is 0 Å². The summed E-state index contributed by atoms with van der Waals surface area (Å²) in [7, 11) is 2.09. The summed E-state index contributed by atoms with van der Waals surface area (Å²) in [5.41, 5.74) is 0.558. The molecule has 1 atom stereocenters. The second-order valence-corrected chi connectivity index (χ2v) is 5.00. The maximum absolute atomic E-state index is 8.88. The summed E-state index contributed by atoms with van der Waals surface area (Å²) in [6.07, 6.45) is 8.92. The van der Waals surface area contributed by atoms with Crippen molar-refractivity contribution in [3.05, 3.63) is 0 Å². The van der Waals surface area contributed by atoms with Crippen LogP contribution in [0.4, 0.5) is 0 Å². The van der Waals surface area contributed by atoms with Crippen molar-refractivity contribution in [3.63, 3.8) is 0 Å². The maximum atomic E-state index is 8.88. The summed E-state index contributed by atoms with van der Waals surface area (Å²) in [6, 6.07) is 0.724. The number of nitrogens with one attached hydrogen (secondary N) is 1. The second kappa shape index (κ2) is 3.94. The number of hydrogen-bond donors (Lipinski definition) is 1. The van der Waals surface area contributed by atoms with Crippen LogP contribution >= 0.6 is 0 Å². The van der Waals surface area contributed by atoms with Gasteiger partial charge in [0.1, 0.15) is 0 Å². The molecule has 2 rings (SSSR count). The summed E-state index contributed by atoms with van der Waals surface area (Å²) in [5.74, 6) is 2.42. The van der Waals surface area contributed by atoms with Crippen molar-refractivity contribution in [2.75, 3.05) is 7.05 Å². The van der Waals surface area contributed by atoms with Gasteiger partial charge in [0, 0.05) is 12.0 Å². The van der Waals surface area contributed by atoms with E-state index < -0.39 is 0 Å². The first-order valence-corrected chi connectivity index (χ1v) is 5.88. The van der Waals surface area contributed by atoms with Gasteiger partial charge in [-0.3, -0.25) is 0 Å². The van der Waals surface area contributed by atoms with Crippen LogP contribution in [-0.4, -0.2) is 19.8 Å². The van der Waals surface area contributed by atoms with Crippen molar-refractivity contribution >= 4 is 6.71 Å². The molecule has 0 bridgehead atoms. The van der Waals surface area contributed by atoms with Crippen molar-refractivity contribution in [2.24, 2.45) is 5.41 Å². The zero-order valence-electron chi connectivity index (χ0n) is 9.05. The van der Waals surface area contributed by atoms with Crippen molar-refractivity contribution in [1.82, 2.24) is 5.32 Å². The largest absolute Gasteiger partial charge is 0.316 e. The van der Waals surface area contributed by atoms with Gasteiger partial charge in [0.2, 0.25) is 0 Å². The molecule has 0 aromatic carbocycles. The van der Waals surface area contributed by atoms with Gasteiger partial charge >= 0.3 is 0 Å². The van der Waals surface area contributed by atoms with E-state index in [1.54, 1.807) is 0 Å². The van der Waals surface area contributed by atoms with E-state index in [0.717, 1.165) is 18.7 Å². The van der Waals surface area contributed by atoms with Crippen LogP contribution in [0.2, 0.25) is 12.6 Å². The molecule has 14 heavy (non-hydrogen) atoms. The number of rotatable bonds is 1. The van der Waals surface area contributed by atoms with Crippen LogP contribution in [0.3, 0.4) is 0 Å². The lowest BCUT2D eigenvalue weighted by Gasteiger charge is -2.39. The molecule has 2 fully saturated rings. The third-order valence-electron chi connectivity index (χ3n) is 4.42. The molecule has 0 amide bonds. The molecule has 1 unspecified atom stereocenters. The Bertz CT molecular complexity index is 238. The molecule has 1 N–H and O–H groups in total. The van der Waals surface area contributed by atoms with Gasteiger partial charge in [0.25, 0.3) is 6.71 Å². The summed E-state index contributed by atoms with van der Waals surface area (Å²) >= 11 is 0. The van der Waals surface area contributed by atoms with Gasteiger partial charge < -0.3 is 5.32 Å². The van der Waals surface area contributed by atoms with E-state index in [2.05, 4.69) is 18.3 Å². The normalized spacial score (nSPS) is 30.6. The molecule has 1 aliphatic heterocycles. The van der Waals surface area contributed by atoms with E-state index >= 15 is 0 Å². The van der Waals surface area contributed by atoms with Crippen molar-refractivity contribution < 1.29 is 0 Å². The maximum Gasteiger partial charge on any atom is 0.267 e. The number of nitriles is 1. The number of nitrogens with zero attached hydrogens (tertiary/aromatic N) is 1. The molecule has 1 spiro atoms. The molecule has 2 aliphatic rings. The van der Waals surface area contributed by atoms with Gasteiger partial charge in [-0.05, 0) is 25.3 Å². The Morgan fingerprint density at radius 3 is 2.64 bits per heavy atom. The molecule has 2 nitrogen and oxygen atoms in total. The standard InChI is InChI=1S/C11H19BN2/c1-14-10-3-2-4-11(10)5-7-12(9-13)8-6-11/h10,14H,2-8H2,1H3. The van der Waals surface area contributed by atoms with Crippen LogP contribution in [-0.2, 0) is 0 Å². The van der Waals surface area contributed by atoms with Gasteiger partial charge in [-0.15, -0.1) is 0 Å². The molecule has 1 aliphatic carbocycles. The molecule has 0 radical (unpaired) electrons. The molecular formula is C11H19BN2. The zero-order chi connectivity index (χ0) is 10.0. The van der Waals surface area contributed by atoms with Crippen LogP contribution < -0.4 is 5.32 Å². The minimum Gasteiger partial charge on any atom is -0.316 e. The minimum atomic E-state index is 0.346. The lowest BCUT2D eigenvalue weighted by Crippen LogP contribution is -2.42. The molecule has 3 heteroatoms. The molecular weight excluding hydrogens is 171 g/mol. The monoisotopic (exact) mass is 190 g/mol. The fourth-order valence-corrected chi connectivity index (χ4v) is 3.51. The second-order valence-electron chi connectivity index (χ2n) is 5.00. The van der Waals surface area contributed by atoms with Crippen LogP contribution in [0.25, 0.3) is 0 Å². The highest BCUT2D eigenvalue weighted by Gasteiger charge is 2.44.